The summed E-state index contributed by atoms with van der Waals surface area (Å²) in [5.41, 5.74) is 5.32. The van der Waals surface area contributed by atoms with Crippen LogP contribution in [0.15, 0.2) is 29.2 Å². The van der Waals surface area contributed by atoms with E-state index in [1.54, 1.807) is 0 Å². The van der Waals surface area contributed by atoms with Crippen molar-refractivity contribution in [3.8, 4) is 5.75 Å². The lowest BCUT2D eigenvalue weighted by molar-refractivity contribution is 0.328. The van der Waals surface area contributed by atoms with Gasteiger partial charge in [0.25, 0.3) is 0 Å². The van der Waals surface area contributed by atoms with Crippen molar-refractivity contribution in [1.29, 1.82) is 0 Å². The second kappa shape index (κ2) is 5.89. The van der Waals surface area contributed by atoms with Gasteiger partial charge in [0.1, 0.15) is 12.4 Å². The summed E-state index contributed by atoms with van der Waals surface area (Å²) < 4.78 is 5.35. The van der Waals surface area contributed by atoms with Gasteiger partial charge in [0.2, 0.25) is 0 Å². The van der Waals surface area contributed by atoms with Crippen LogP contribution in [0.2, 0.25) is 0 Å². The third kappa shape index (κ3) is 3.70. The molecule has 3 heteroatoms. The average Bonchev–Trinajstić information content (AvgIpc) is 2.17. The van der Waals surface area contributed by atoms with E-state index in [1.165, 1.54) is 4.90 Å². The molecule has 13 heavy (non-hydrogen) atoms. The van der Waals surface area contributed by atoms with Gasteiger partial charge in [0, 0.05) is 11.4 Å². The van der Waals surface area contributed by atoms with E-state index in [2.05, 4.69) is 19.1 Å². The van der Waals surface area contributed by atoms with E-state index in [-0.39, 0.29) is 0 Å². The monoisotopic (exact) mass is 197 g/mol. The van der Waals surface area contributed by atoms with Crippen molar-refractivity contribution in [2.75, 3.05) is 18.9 Å². The van der Waals surface area contributed by atoms with E-state index in [4.69, 9.17) is 10.5 Å². The normalized spacial score (nSPS) is 10.0. The molecule has 0 saturated heterocycles. The van der Waals surface area contributed by atoms with E-state index >= 15 is 0 Å². The molecule has 2 N–H and O–H groups in total. The van der Waals surface area contributed by atoms with Crippen LogP contribution in [-0.2, 0) is 0 Å². The Morgan fingerprint density at radius 2 is 2.00 bits per heavy atom. The van der Waals surface area contributed by atoms with E-state index in [1.807, 2.05) is 23.9 Å². The molecule has 72 valence electrons. The Kier molecular flexibility index (Phi) is 4.72. The van der Waals surface area contributed by atoms with Crippen LogP contribution < -0.4 is 10.5 Å². The summed E-state index contributed by atoms with van der Waals surface area (Å²) in [6, 6.07) is 8.10. The minimum atomic E-state index is 0.561. The zero-order valence-corrected chi connectivity index (χ0v) is 8.64. The molecule has 0 fully saturated rings. The molecule has 0 radical (unpaired) electrons. The number of ether oxygens (including phenoxy) is 1. The first-order chi connectivity index (χ1) is 6.36. The van der Waals surface area contributed by atoms with Crippen molar-refractivity contribution in [1.82, 2.24) is 0 Å². The molecule has 0 aromatic heterocycles. The minimum Gasteiger partial charge on any atom is -0.492 e. The Morgan fingerprint density at radius 3 is 2.54 bits per heavy atom. The second-order valence-electron chi connectivity index (χ2n) is 2.54. The van der Waals surface area contributed by atoms with Crippen LogP contribution in [0.3, 0.4) is 0 Å². The molecule has 0 atom stereocenters. The van der Waals surface area contributed by atoms with Crippen molar-refractivity contribution in [3.05, 3.63) is 24.3 Å². The molecule has 0 spiro atoms. The molecule has 0 unspecified atom stereocenters. The van der Waals surface area contributed by atoms with Crippen LogP contribution in [0.4, 0.5) is 0 Å². The van der Waals surface area contributed by atoms with Gasteiger partial charge in [-0.25, -0.2) is 0 Å². The molecule has 0 amide bonds. The van der Waals surface area contributed by atoms with Crippen molar-refractivity contribution >= 4 is 11.8 Å². The molecule has 1 aromatic rings. The van der Waals surface area contributed by atoms with Crippen molar-refractivity contribution in [3.63, 3.8) is 0 Å². The maximum Gasteiger partial charge on any atom is 0.119 e. The molecule has 0 aliphatic carbocycles. The van der Waals surface area contributed by atoms with Gasteiger partial charge in [-0.2, -0.15) is 0 Å². The number of rotatable bonds is 5. The highest BCUT2D eigenvalue weighted by Gasteiger charge is 1.93. The Labute approximate surface area is 83.5 Å². The molecule has 0 aliphatic rings. The fourth-order valence-electron chi connectivity index (χ4n) is 0.976. The van der Waals surface area contributed by atoms with Crippen LogP contribution in [0.5, 0.6) is 5.75 Å². The summed E-state index contributed by atoms with van der Waals surface area (Å²) in [6.45, 7) is 3.29. The maximum atomic E-state index is 5.35. The molecule has 0 bridgehead atoms. The lowest BCUT2D eigenvalue weighted by Crippen LogP contribution is -2.10. The molecule has 0 heterocycles. The van der Waals surface area contributed by atoms with Gasteiger partial charge < -0.3 is 10.5 Å². The molecule has 2 nitrogen and oxygen atoms in total. The lowest BCUT2D eigenvalue weighted by Gasteiger charge is -2.04. The van der Waals surface area contributed by atoms with Gasteiger partial charge in [-0.3, -0.25) is 0 Å². The van der Waals surface area contributed by atoms with Gasteiger partial charge in [-0.05, 0) is 30.0 Å². The summed E-state index contributed by atoms with van der Waals surface area (Å²) in [4.78, 5) is 1.28. The van der Waals surface area contributed by atoms with Crippen LogP contribution in [0, 0.1) is 0 Å². The van der Waals surface area contributed by atoms with Crippen LogP contribution in [-0.4, -0.2) is 18.9 Å². The van der Waals surface area contributed by atoms with Gasteiger partial charge in [-0.1, -0.05) is 6.92 Å². The van der Waals surface area contributed by atoms with Crippen LogP contribution in [0.1, 0.15) is 6.92 Å². The maximum absolute atomic E-state index is 5.35. The highest BCUT2D eigenvalue weighted by Crippen LogP contribution is 2.20. The number of hydrogen-bond donors (Lipinski definition) is 1. The molecule has 0 aliphatic heterocycles. The average molecular weight is 197 g/mol. The summed E-state index contributed by atoms with van der Waals surface area (Å²) in [6.07, 6.45) is 0. The summed E-state index contributed by atoms with van der Waals surface area (Å²) >= 11 is 1.83. The fourth-order valence-corrected chi connectivity index (χ4v) is 1.64. The number of thioether (sulfide) groups is 1. The molecular formula is C10H15NOS. The van der Waals surface area contributed by atoms with Crippen molar-refractivity contribution in [2.45, 2.75) is 11.8 Å². The number of hydrogen-bond acceptors (Lipinski definition) is 3. The van der Waals surface area contributed by atoms with E-state index in [0.717, 1.165) is 11.5 Å². The first-order valence-electron chi connectivity index (χ1n) is 4.42. The topological polar surface area (TPSA) is 35.2 Å². The Hall–Kier alpha value is -0.670. The first-order valence-corrected chi connectivity index (χ1v) is 5.41. The minimum absolute atomic E-state index is 0.561. The Bertz CT molecular complexity index is 235. The molecule has 0 saturated carbocycles. The van der Waals surface area contributed by atoms with Crippen molar-refractivity contribution in [2.24, 2.45) is 5.73 Å². The number of nitrogens with two attached hydrogens (primary N) is 1. The summed E-state index contributed by atoms with van der Waals surface area (Å²) in [5.74, 6) is 1.99. The van der Waals surface area contributed by atoms with E-state index in [0.29, 0.717) is 13.2 Å². The third-order valence-electron chi connectivity index (χ3n) is 1.52. The quantitative estimate of drug-likeness (QED) is 0.734. The largest absolute Gasteiger partial charge is 0.492 e. The highest BCUT2D eigenvalue weighted by molar-refractivity contribution is 7.99. The second-order valence-corrected chi connectivity index (χ2v) is 3.88. The van der Waals surface area contributed by atoms with Crippen LogP contribution in [0.25, 0.3) is 0 Å². The standard InChI is InChI=1S/C10H15NOS/c1-2-13-10-5-3-9(4-6-10)12-8-7-11/h3-6H,2,7-8,11H2,1H3. The van der Waals surface area contributed by atoms with E-state index in [9.17, 15) is 0 Å². The summed E-state index contributed by atoms with van der Waals surface area (Å²) in [5, 5.41) is 0. The zero-order valence-electron chi connectivity index (χ0n) is 7.82. The predicted octanol–water partition coefficient (Wildman–Crippen LogP) is 2.14. The smallest absolute Gasteiger partial charge is 0.119 e. The van der Waals surface area contributed by atoms with Gasteiger partial charge in [0.15, 0.2) is 0 Å². The fraction of sp³-hybridized carbons (Fsp3) is 0.400. The predicted molar refractivity (Wildman–Crippen MR) is 57.4 cm³/mol. The third-order valence-corrected chi connectivity index (χ3v) is 2.42. The van der Waals surface area contributed by atoms with Crippen LogP contribution >= 0.6 is 11.8 Å². The SMILES string of the molecule is CCSc1ccc(OCCN)cc1. The van der Waals surface area contributed by atoms with E-state index < -0.39 is 0 Å². The Balaban J connectivity index is 2.48. The molecule has 1 aromatic carbocycles. The van der Waals surface area contributed by atoms with Gasteiger partial charge >= 0.3 is 0 Å². The Morgan fingerprint density at radius 1 is 1.31 bits per heavy atom. The number of benzene rings is 1. The zero-order chi connectivity index (χ0) is 9.52. The molecule has 1 rings (SSSR count). The van der Waals surface area contributed by atoms with Gasteiger partial charge in [-0.15, -0.1) is 11.8 Å². The highest BCUT2D eigenvalue weighted by atomic mass is 32.2. The summed E-state index contributed by atoms with van der Waals surface area (Å²) in [7, 11) is 0. The van der Waals surface area contributed by atoms with Crippen molar-refractivity contribution < 1.29 is 4.74 Å². The lowest BCUT2D eigenvalue weighted by atomic mass is 10.3. The first kappa shape index (κ1) is 10.4. The molecular weight excluding hydrogens is 182 g/mol. The van der Waals surface area contributed by atoms with Gasteiger partial charge in [0.05, 0.1) is 0 Å².